The molecule has 0 saturated heterocycles. The number of sulfonamides is 1. The largest absolute Gasteiger partial charge is 0.212 e. The van der Waals surface area contributed by atoms with Gasteiger partial charge in [0.1, 0.15) is 0 Å². The number of halogens is 1. The second-order valence-electron chi connectivity index (χ2n) is 6.92. The fraction of sp³-hybridized carbons (Fsp3) is 1.00. The molecule has 3 nitrogen and oxygen atoms in total. The Morgan fingerprint density at radius 2 is 1.95 bits per heavy atom. The van der Waals surface area contributed by atoms with Crippen LogP contribution >= 0.6 is 11.6 Å². The van der Waals surface area contributed by atoms with Crippen LogP contribution in [-0.2, 0) is 10.0 Å². The van der Waals surface area contributed by atoms with Gasteiger partial charge in [0.05, 0.1) is 5.75 Å². The van der Waals surface area contributed by atoms with Crippen LogP contribution in [0.5, 0.6) is 0 Å². The Morgan fingerprint density at radius 3 is 2.68 bits per heavy atom. The van der Waals surface area contributed by atoms with E-state index in [2.05, 4.69) is 4.72 Å². The van der Waals surface area contributed by atoms with Crippen molar-refractivity contribution in [3.8, 4) is 0 Å². The van der Waals surface area contributed by atoms with Gasteiger partial charge in [0, 0.05) is 11.9 Å². The lowest BCUT2D eigenvalue weighted by atomic mass is 9.79. The maximum absolute atomic E-state index is 12.2. The molecule has 6 atom stereocenters. The SMILES string of the molecule is CC(CCl)CS(=O)(=O)NC1CC2CC1C1CCCC21. The molecule has 3 fully saturated rings. The van der Waals surface area contributed by atoms with Gasteiger partial charge in [-0.3, -0.25) is 0 Å². The van der Waals surface area contributed by atoms with Gasteiger partial charge in [-0.05, 0) is 55.3 Å². The first-order valence-electron chi connectivity index (χ1n) is 7.56. The van der Waals surface area contributed by atoms with E-state index in [4.69, 9.17) is 11.6 Å². The Labute approximate surface area is 121 Å². The number of rotatable bonds is 5. The lowest BCUT2D eigenvalue weighted by Crippen LogP contribution is -2.44. The summed E-state index contributed by atoms with van der Waals surface area (Å²) in [6.45, 7) is 1.89. The Balaban J connectivity index is 1.63. The van der Waals surface area contributed by atoms with Crippen molar-refractivity contribution >= 4 is 21.6 Å². The van der Waals surface area contributed by atoms with Crippen LogP contribution in [0, 0.1) is 29.6 Å². The molecule has 0 aliphatic heterocycles. The fourth-order valence-corrected chi connectivity index (χ4v) is 6.84. The average Bonchev–Trinajstić information content (AvgIpc) is 2.97. The van der Waals surface area contributed by atoms with E-state index in [1.54, 1.807) is 0 Å². The normalized spacial score (nSPS) is 42.5. The van der Waals surface area contributed by atoms with E-state index in [0.29, 0.717) is 11.8 Å². The highest BCUT2D eigenvalue weighted by molar-refractivity contribution is 7.89. The highest BCUT2D eigenvalue weighted by Crippen LogP contribution is 2.58. The second-order valence-corrected chi connectivity index (χ2v) is 9.03. The maximum Gasteiger partial charge on any atom is 0.212 e. The van der Waals surface area contributed by atoms with E-state index in [1.165, 1.54) is 25.7 Å². The third-order valence-electron chi connectivity index (χ3n) is 5.53. The molecule has 0 aromatic carbocycles. The first-order chi connectivity index (χ1) is 9.00. The van der Waals surface area contributed by atoms with E-state index >= 15 is 0 Å². The van der Waals surface area contributed by atoms with Crippen molar-refractivity contribution in [2.24, 2.45) is 29.6 Å². The van der Waals surface area contributed by atoms with Crippen LogP contribution in [0.1, 0.15) is 39.0 Å². The zero-order valence-electron chi connectivity index (χ0n) is 11.5. The maximum atomic E-state index is 12.2. The number of alkyl halides is 1. The summed E-state index contributed by atoms with van der Waals surface area (Å²) in [5, 5.41) is 0. The van der Waals surface area contributed by atoms with Crippen LogP contribution in [0.4, 0.5) is 0 Å². The molecule has 0 amide bonds. The van der Waals surface area contributed by atoms with Gasteiger partial charge in [-0.15, -0.1) is 11.6 Å². The fourth-order valence-electron chi connectivity index (χ4n) is 4.90. The van der Waals surface area contributed by atoms with Crippen LogP contribution in [0.15, 0.2) is 0 Å². The topological polar surface area (TPSA) is 46.2 Å². The molecule has 19 heavy (non-hydrogen) atoms. The molecule has 3 aliphatic carbocycles. The van der Waals surface area contributed by atoms with Gasteiger partial charge < -0.3 is 0 Å². The Bertz CT molecular complexity index is 439. The number of hydrogen-bond acceptors (Lipinski definition) is 2. The zero-order valence-corrected chi connectivity index (χ0v) is 13.1. The first-order valence-corrected chi connectivity index (χ1v) is 9.75. The minimum absolute atomic E-state index is 0.0250. The molecular formula is C14H24ClNO2S. The van der Waals surface area contributed by atoms with Crippen molar-refractivity contribution in [3.05, 3.63) is 0 Å². The summed E-state index contributed by atoms with van der Waals surface area (Å²) in [5.41, 5.74) is 0. The number of nitrogens with one attached hydrogen (secondary N) is 1. The van der Waals surface area contributed by atoms with Gasteiger partial charge in [-0.2, -0.15) is 0 Å². The summed E-state index contributed by atoms with van der Waals surface area (Å²) in [7, 11) is -3.16. The predicted octanol–water partition coefficient (Wildman–Crippen LogP) is 2.61. The highest BCUT2D eigenvalue weighted by atomic mass is 35.5. The molecule has 1 N–H and O–H groups in total. The first kappa shape index (κ1) is 14.2. The van der Waals surface area contributed by atoms with E-state index in [1.807, 2.05) is 6.92 Å². The summed E-state index contributed by atoms with van der Waals surface area (Å²) >= 11 is 5.72. The molecule has 110 valence electrons. The van der Waals surface area contributed by atoms with Crippen LogP contribution in [0.2, 0.25) is 0 Å². The Hall–Kier alpha value is 0.200. The van der Waals surface area contributed by atoms with Crippen LogP contribution in [0.25, 0.3) is 0 Å². The Kier molecular flexibility index (Phi) is 3.87. The molecule has 5 heteroatoms. The molecule has 3 saturated carbocycles. The smallest absolute Gasteiger partial charge is 0.212 e. The number of hydrogen-bond donors (Lipinski definition) is 1. The van der Waals surface area contributed by atoms with Crippen molar-refractivity contribution in [3.63, 3.8) is 0 Å². The molecule has 0 aromatic heterocycles. The van der Waals surface area contributed by atoms with Crippen molar-refractivity contribution in [2.45, 2.75) is 45.1 Å². The summed E-state index contributed by atoms with van der Waals surface area (Å²) in [5.74, 6) is 3.71. The summed E-state index contributed by atoms with van der Waals surface area (Å²) in [6.07, 6.45) is 6.38. The molecule has 2 bridgehead atoms. The predicted molar refractivity (Wildman–Crippen MR) is 77.6 cm³/mol. The van der Waals surface area contributed by atoms with Gasteiger partial charge in [-0.1, -0.05) is 13.3 Å². The van der Waals surface area contributed by atoms with Crippen molar-refractivity contribution in [1.29, 1.82) is 0 Å². The molecule has 0 heterocycles. The van der Waals surface area contributed by atoms with Gasteiger partial charge in [-0.25, -0.2) is 13.1 Å². The molecule has 3 aliphatic rings. The average molecular weight is 306 g/mol. The summed E-state index contributed by atoms with van der Waals surface area (Å²) in [6, 6.07) is 0.205. The lowest BCUT2D eigenvalue weighted by molar-refractivity contribution is 0.224. The van der Waals surface area contributed by atoms with Gasteiger partial charge in [0.15, 0.2) is 0 Å². The minimum Gasteiger partial charge on any atom is -0.212 e. The van der Waals surface area contributed by atoms with Crippen molar-refractivity contribution < 1.29 is 8.42 Å². The van der Waals surface area contributed by atoms with E-state index < -0.39 is 10.0 Å². The van der Waals surface area contributed by atoms with Crippen LogP contribution < -0.4 is 4.72 Å². The van der Waals surface area contributed by atoms with Gasteiger partial charge in [0.2, 0.25) is 10.0 Å². The van der Waals surface area contributed by atoms with E-state index in [-0.39, 0.29) is 17.7 Å². The lowest BCUT2D eigenvalue weighted by Gasteiger charge is -2.32. The highest BCUT2D eigenvalue weighted by Gasteiger charge is 2.54. The monoisotopic (exact) mass is 305 g/mol. The van der Waals surface area contributed by atoms with Crippen LogP contribution in [-0.4, -0.2) is 26.1 Å². The zero-order chi connectivity index (χ0) is 13.6. The third-order valence-corrected chi connectivity index (χ3v) is 7.72. The van der Waals surface area contributed by atoms with Crippen LogP contribution in [0.3, 0.4) is 0 Å². The molecule has 0 aromatic rings. The van der Waals surface area contributed by atoms with E-state index in [0.717, 1.165) is 24.2 Å². The van der Waals surface area contributed by atoms with Crippen molar-refractivity contribution in [2.75, 3.05) is 11.6 Å². The summed E-state index contributed by atoms with van der Waals surface area (Å²) < 4.78 is 27.3. The molecule has 6 unspecified atom stereocenters. The number of fused-ring (bicyclic) bond motifs is 5. The summed E-state index contributed by atoms with van der Waals surface area (Å²) in [4.78, 5) is 0. The van der Waals surface area contributed by atoms with Gasteiger partial charge in [0.25, 0.3) is 0 Å². The minimum atomic E-state index is -3.16. The molecular weight excluding hydrogens is 282 g/mol. The molecule has 3 rings (SSSR count). The molecule has 0 radical (unpaired) electrons. The quantitative estimate of drug-likeness (QED) is 0.794. The van der Waals surface area contributed by atoms with Gasteiger partial charge >= 0.3 is 0 Å². The van der Waals surface area contributed by atoms with Crippen molar-refractivity contribution in [1.82, 2.24) is 4.72 Å². The molecule has 0 spiro atoms. The third kappa shape index (κ3) is 2.68. The van der Waals surface area contributed by atoms with E-state index in [9.17, 15) is 8.42 Å². The standard InChI is InChI=1S/C14H24ClNO2S/c1-9(7-15)8-19(17,18)16-14-6-10-5-13(14)12-4-2-3-11(10)12/h9-14,16H,2-8H2,1H3. The Morgan fingerprint density at radius 1 is 1.21 bits per heavy atom. The second kappa shape index (κ2) is 5.19.